The van der Waals surface area contributed by atoms with Gasteiger partial charge in [0.05, 0.1) is 0 Å². The van der Waals surface area contributed by atoms with E-state index in [0.29, 0.717) is 12.1 Å². The number of carbonyl (C=O) groups excluding carboxylic acids is 1. The Morgan fingerprint density at radius 2 is 1.88 bits per heavy atom. The van der Waals surface area contributed by atoms with Gasteiger partial charge in [-0.05, 0) is 18.2 Å². The first kappa shape index (κ1) is 10.2. The van der Waals surface area contributed by atoms with Gasteiger partial charge in [0.25, 0.3) is 5.56 Å². The monoisotopic (exact) mass is 214 g/mol. The van der Waals surface area contributed by atoms with Gasteiger partial charge in [-0.2, -0.15) is 0 Å². The van der Waals surface area contributed by atoms with Crippen LogP contribution in [0.3, 0.4) is 0 Å². The summed E-state index contributed by atoms with van der Waals surface area (Å²) in [6.07, 6.45) is 2.17. The predicted octanol–water partition coefficient (Wildman–Crippen LogP) is 1.41. The summed E-state index contributed by atoms with van der Waals surface area (Å²) < 4.78 is 1.51. The normalized spacial score (nSPS) is 9.75. The van der Waals surface area contributed by atoms with Crippen molar-refractivity contribution in [3.05, 3.63) is 59.0 Å². The second-order valence-corrected chi connectivity index (χ2v) is 3.22. The highest BCUT2D eigenvalue weighted by atomic mass is 16.1. The van der Waals surface area contributed by atoms with Crippen LogP contribution in [0.1, 0.15) is 0 Å². The fourth-order valence-electron chi connectivity index (χ4n) is 1.44. The second-order valence-electron chi connectivity index (χ2n) is 3.22. The first-order chi connectivity index (χ1) is 7.81. The van der Waals surface area contributed by atoms with Crippen molar-refractivity contribution in [1.29, 1.82) is 0 Å². The van der Waals surface area contributed by atoms with Crippen LogP contribution in [0, 0.1) is 0 Å². The predicted molar refractivity (Wildman–Crippen MR) is 61.7 cm³/mol. The first-order valence-corrected chi connectivity index (χ1v) is 4.79. The molecule has 0 radical (unpaired) electrons. The molecule has 0 aliphatic heterocycles. The molecule has 80 valence electrons. The van der Waals surface area contributed by atoms with E-state index in [1.165, 1.54) is 10.6 Å². The van der Waals surface area contributed by atoms with Crippen LogP contribution in [0.4, 0.5) is 5.69 Å². The minimum Gasteiger partial charge on any atom is -0.328 e. The topological polar surface area (TPSA) is 51.1 Å². The maximum atomic E-state index is 11.7. The highest BCUT2D eigenvalue weighted by molar-refractivity contribution is 5.70. The van der Waals surface area contributed by atoms with Crippen molar-refractivity contribution in [2.75, 3.05) is 5.32 Å². The maximum absolute atomic E-state index is 11.7. The lowest BCUT2D eigenvalue weighted by Gasteiger charge is -2.05. The molecule has 0 fully saturated rings. The number of rotatable bonds is 3. The van der Waals surface area contributed by atoms with Crippen LogP contribution in [0.2, 0.25) is 0 Å². The Bertz CT molecular complexity index is 546. The average Bonchev–Trinajstić information content (AvgIpc) is 2.31. The Morgan fingerprint density at radius 3 is 2.50 bits per heavy atom. The van der Waals surface area contributed by atoms with Gasteiger partial charge in [0.15, 0.2) is 0 Å². The maximum Gasteiger partial charge on any atom is 0.257 e. The number of hydrogen-bond acceptors (Lipinski definition) is 2. The number of para-hydroxylation sites is 1. The molecule has 1 aromatic heterocycles. The lowest BCUT2D eigenvalue weighted by Crippen LogP contribution is -2.17. The van der Waals surface area contributed by atoms with Crippen molar-refractivity contribution < 1.29 is 4.79 Å². The highest BCUT2D eigenvalue weighted by Crippen LogP contribution is 2.06. The second kappa shape index (κ2) is 4.44. The van der Waals surface area contributed by atoms with E-state index in [-0.39, 0.29) is 5.56 Å². The van der Waals surface area contributed by atoms with Crippen LogP contribution >= 0.6 is 0 Å². The largest absolute Gasteiger partial charge is 0.328 e. The number of aromatic nitrogens is 1. The van der Waals surface area contributed by atoms with Crippen molar-refractivity contribution in [1.82, 2.24) is 4.57 Å². The molecule has 1 heterocycles. The van der Waals surface area contributed by atoms with Crippen LogP contribution in [-0.4, -0.2) is 11.0 Å². The van der Waals surface area contributed by atoms with Gasteiger partial charge in [-0.3, -0.25) is 14.2 Å². The van der Waals surface area contributed by atoms with E-state index < -0.39 is 0 Å². The number of carbonyl (C=O) groups is 1. The SMILES string of the molecule is O=CNc1ccn(-c2ccccc2)c(=O)c1. The van der Waals surface area contributed by atoms with E-state index in [4.69, 9.17) is 0 Å². The quantitative estimate of drug-likeness (QED) is 0.785. The van der Waals surface area contributed by atoms with Gasteiger partial charge in [0.1, 0.15) is 0 Å². The molecule has 16 heavy (non-hydrogen) atoms. The summed E-state index contributed by atoms with van der Waals surface area (Å²) >= 11 is 0. The number of nitrogens with zero attached hydrogens (tertiary/aromatic N) is 1. The minimum atomic E-state index is -0.182. The Hall–Kier alpha value is -2.36. The molecule has 0 spiro atoms. The van der Waals surface area contributed by atoms with Crippen LogP contribution in [-0.2, 0) is 4.79 Å². The number of anilines is 1. The van der Waals surface area contributed by atoms with Gasteiger partial charge in [0.2, 0.25) is 6.41 Å². The summed E-state index contributed by atoms with van der Waals surface area (Å²) in [6, 6.07) is 12.3. The number of nitrogens with one attached hydrogen (secondary N) is 1. The fraction of sp³-hybridized carbons (Fsp3) is 0. The van der Waals surface area contributed by atoms with Crippen molar-refractivity contribution in [3.63, 3.8) is 0 Å². The molecule has 0 aliphatic carbocycles. The summed E-state index contributed by atoms with van der Waals surface area (Å²) in [5.74, 6) is 0. The minimum absolute atomic E-state index is 0.182. The molecule has 4 nitrogen and oxygen atoms in total. The smallest absolute Gasteiger partial charge is 0.257 e. The molecule has 2 aromatic rings. The van der Waals surface area contributed by atoms with Crippen LogP contribution < -0.4 is 10.9 Å². The van der Waals surface area contributed by atoms with Gasteiger partial charge in [-0.15, -0.1) is 0 Å². The molecule has 2 rings (SSSR count). The number of benzene rings is 1. The van der Waals surface area contributed by atoms with E-state index in [9.17, 15) is 9.59 Å². The number of amides is 1. The fourth-order valence-corrected chi connectivity index (χ4v) is 1.44. The van der Waals surface area contributed by atoms with E-state index >= 15 is 0 Å². The molecule has 0 bridgehead atoms. The van der Waals surface area contributed by atoms with E-state index in [1.807, 2.05) is 30.3 Å². The van der Waals surface area contributed by atoms with Crippen molar-refractivity contribution >= 4 is 12.1 Å². The molecule has 0 aliphatic rings. The molecular weight excluding hydrogens is 204 g/mol. The van der Waals surface area contributed by atoms with Gasteiger partial charge in [0, 0.05) is 23.6 Å². The zero-order valence-corrected chi connectivity index (χ0v) is 8.46. The van der Waals surface area contributed by atoms with Crippen LogP contribution in [0.15, 0.2) is 53.5 Å². The Labute approximate surface area is 92.2 Å². The number of pyridine rings is 1. The average molecular weight is 214 g/mol. The zero-order valence-electron chi connectivity index (χ0n) is 8.46. The molecule has 0 unspecified atom stereocenters. The highest BCUT2D eigenvalue weighted by Gasteiger charge is 1.99. The van der Waals surface area contributed by atoms with Crippen molar-refractivity contribution in [2.24, 2.45) is 0 Å². The number of hydrogen-bond donors (Lipinski definition) is 1. The molecule has 1 amide bonds. The standard InChI is InChI=1S/C12H10N2O2/c15-9-13-10-6-7-14(12(16)8-10)11-4-2-1-3-5-11/h1-9H,(H,13,15). The molecule has 0 atom stereocenters. The van der Waals surface area contributed by atoms with Gasteiger partial charge >= 0.3 is 0 Å². The summed E-state index contributed by atoms with van der Waals surface area (Å²) in [5.41, 5.74) is 1.11. The van der Waals surface area contributed by atoms with Gasteiger partial charge in [-0.25, -0.2) is 0 Å². The molecule has 4 heteroatoms. The van der Waals surface area contributed by atoms with Crippen LogP contribution in [0.5, 0.6) is 0 Å². The summed E-state index contributed by atoms with van der Waals surface area (Å²) in [5, 5.41) is 2.43. The first-order valence-electron chi connectivity index (χ1n) is 4.79. The van der Waals surface area contributed by atoms with Gasteiger partial charge in [-0.1, -0.05) is 18.2 Å². The van der Waals surface area contributed by atoms with Crippen LogP contribution in [0.25, 0.3) is 5.69 Å². The van der Waals surface area contributed by atoms with Gasteiger partial charge < -0.3 is 5.32 Å². The summed E-state index contributed by atoms with van der Waals surface area (Å²) in [6.45, 7) is 0. The summed E-state index contributed by atoms with van der Waals surface area (Å²) in [4.78, 5) is 21.9. The lowest BCUT2D eigenvalue weighted by atomic mass is 10.3. The Balaban J connectivity index is 2.45. The third-order valence-electron chi connectivity index (χ3n) is 2.18. The molecular formula is C12H10N2O2. The Kier molecular flexibility index (Phi) is 2.82. The molecule has 0 saturated heterocycles. The van der Waals surface area contributed by atoms with Crippen molar-refractivity contribution in [3.8, 4) is 5.69 Å². The lowest BCUT2D eigenvalue weighted by molar-refractivity contribution is -0.105. The third kappa shape index (κ3) is 2.00. The molecule has 0 saturated carbocycles. The summed E-state index contributed by atoms with van der Waals surface area (Å²) in [7, 11) is 0. The van der Waals surface area contributed by atoms with E-state index in [2.05, 4.69) is 5.32 Å². The third-order valence-corrected chi connectivity index (χ3v) is 2.18. The van der Waals surface area contributed by atoms with E-state index in [1.54, 1.807) is 12.3 Å². The molecule has 1 aromatic carbocycles. The zero-order chi connectivity index (χ0) is 11.4. The molecule has 1 N–H and O–H groups in total. The Morgan fingerprint density at radius 1 is 1.12 bits per heavy atom. The van der Waals surface area contributed by atoms with Crippen molar-refractivity contribution in [2.45, 2.75) is 0 Å². The van der Waals surface area contributed by atoms with E-state index in [0.717, 1.165) is 5.69 Å².